The van der Waals surface area contributed by atoms with Crippen LogP contribution in [0.3, 0.4) is 0 Å². The maximum atomic E-state index is 11.5. The molecule has 0 atom stereocenters. The van der Waals surface area contributed by atoms with Gasteiger partial charge < -0.3 is 14.8 Å². The largest absolute Gasteiger partial charge is 0.483 e. The summed E-state index contributed by atoms with van der Waals surface area (Å²) >= 11 is 3.45. The van der Waals surface area contributed by atoms with Gasteiger partial charge in [0, 0.05) is 13.7 Å². The summed E-state index contributed by atoms with van der Waals surface area (Å²) in [6, 6.07) is 5.94. The zero-order valence-electron chi connectivity index (χ0n) is 11.4. The monoisotopic (exact) mass is 329 g/mol. The van der Waals surface area contributed by atoms with Gasteiger partial charge >= 0.3 is 0 Å². The Kier molecular flexibility index (Phi) is 7.52. The summed E-state index contributed by atoms with van der Waals surface area (Å²) in [5.41, 5.74) is 1.26. The fraction of sp³-hybridized carbons (Fsp3) is 0.500. The van der Waals surface area contributed by atoms with E-state index in [-0.39, 0.29) is 12.5 Å². The molecule has 1 aromatic rings. The van der Waals surface area contributed by atoms with Crippen molar-refractivity contribution in [3.63, 3.8) is 0 Å². The molecule has 0 aromatic heterocycles. The molecule has 1 N–H and O–H groups in total. The van der Waals surface area contributed by atoms with Gasteiger partial charge in [-0.2, -0.15) is 0 Å². The molecule has 0 aliphatic rings. The van der Waals surface area contributed by atoms with Crippen molar-refractivity contribution in [3.8, 4) is 5.75 Å². The van der Waals surface area contributed by atoms with Crippen LogP contribution in [0.4, 0.5) is 0 Å². The fourth-order valence-electron chi connectivity index (χ4n) is 1.59. The number of carbonyl (C=O) groups excluding carboxylic acids is 1. The summed E-state index contributed by atoms with van der Waals surface area (Å²) in [5.74, 6) is 0.531. The molecule has 0 aliphatic carbocycles. The van der Waals surface area contributed by atoms with Gasteiger partial charge in [0.2, 0.25) is 0 Å². The van der Waals surface area contributed by atoms with Gasteiger partial charge in [0.1, 0.15) is 5.75 Å². The number of rotatable bonds is 8. The van der Waals surface area contributed by atoms with Crippen LogP contribution in [-0.2, 0) is 16.0 Å². The lowest BCUT2D eigenvalue weighted by molar-refractivity contribution is -0.123. The molecular formula is C14H20BrNO3. The number of aryl methyl sites for hydroxylation is 1. The third kappa shape index (κ3) is 6.07. The van der Waals surface area contributed by atoms with Gasteiger partial charge in [-0.3, -0.25) is 4.79 Å². The second-order valence-electron chi connectivity index (χ2n) is 4.15. The summed E-state index contributed by atoms with van der Waals surface area (Å²) < 4.78 is 11.2. The van der Waals surface area contributed by atoms with Crippen LogP contribution in [0, 0.1) is 0 Å². The number of ether oxygens (including phenoxy) is 2. The average Bonchev–Trinajstić information content (AvgIpc) is 2.38. The van der Waals surface area contributed by atoms with Crippen LogP contribution in [0.25, 0.3) is 0 Å². The molecule has 4 nitrogen and oxygen atoms in total. The van der Waals surface area contributed by atoms with E-state index in [1.807, 2.05) is 18.2 Å². The zero-order chi connectivity index (χ0) is 14.1. The Morgan fingerprint density at radius 2 is 2.21 bits per heavy atom. The molecule has 0 radical (unpaired) electrons. The second-order valence-corrected chi connectivity index (χ2v) is 5.00. The van der Waals surface area contributed by atoms with Gasteiger partial charge in [-0.15, -0.1) is 0 Å². The van der Waals surface area contributed by atoms with E-state index in [0.717, 1.165) is 17.3 Å². The van der Waals surface area contributed by atoms with Crippen molar-refractivity contribution in [1.29, 1.82) is 0 Å². The van der Waals surface area contributed by atoms with Crippen molar-refractivity contribution in [2.45, 2.75) is 19.8 Å². The minimum Gasteiger partial charge on any atom is -0.483 e. The standard InChI is InChI=1S/C14H20BrNO3/c1-3-4-11-5-6-13(12(15)9-11)19-10-14(17)16-7-8-18-2/h5-6,9H,3-4,7-8,10H2,1-2H3,(H,16,17). The van der Waals surface area contributed by atoms with Crippen LogP contribution in [0.5, 0.6) is 5.75 Å². The van der Waals surface area contributed by atoms with E-state index in [2.05, 4.69) is 28.2 Å². The number of amides is 1. The maximum Gasteiger partial charge on any atom is 0.258 e. The Bertz CT molecular complexity index is 410. The third-order valence-electron chi connectivity index (χ3n) is 2.52. The van der Waals surface area contributed by atoms with Crippen LogP contribution >= 0.6 is 15.9 Å². The van der Waals surface area contributed by atoms with Gasteiger partial charge in [-0.1, -0.05) is 19.4 Å². The Hall–Kier alpha value is -1.07. The third-order valence-corrected chi connectivity index (χ3v) is 3.14. The molecule has 0 spiro atoms. The van der Waals surface area contributed by atoms with Gasteiger partial charge in [-0.25, -0.2) is 0 Å². The van der Waals surface area contributed by atoms with E-state index >= 15 is 0 Å². The van der Waals surface area contributed by atoms with Crippen molar-refractivity contribution >= 4 is 21.8 Å². The molecule has 0 bridgehead atoms. The molecule has 1 rings (SSSR count). The first-order valence-corrected chi connectivity index (χ1v) is 7.13. The molecule has 0 saturated heterocycles. The molecule has 0 saturated carbocycles. The van der Waals surface area contributed by atoms with Gasteiger partial charge in [0.05, 0.1) is 11.1 Å². The van der Waals surface area contributed by atoms with Crippen LogP contribution in [0.15, 0.2) is 22.7 Å². The molecule has 0 aliphatic heterocycles. The summed E-state index contributed by atoms with van der Waals surface area (Å²) in [6.07, 6.45) is 2.14. The van der Waals surface area contributed by atoms with Crippen molar-refractivity contribution in [1.82, 2.24) is 5.32 Å². The molecule has 0 unspecified atom stereocenters. The first-order valence-electron chi connectivity index (χ1n) is 6.34. The van der Waals surface area contributed by atoms with Gasteiger partial charge in [0.15, 0.2) is 6.61 Å². The summed E-state index contributed by atoms with van der Waals surface area (Å²) in [4.78, 5) is 11.5. The van der Waals surface area contributed by atoms with E-state index in [4.69, 9.17) is 9.47 Å². The lowest BCUT2D eigenvalue weighted by atomic mass is 10.1. The lowest BCUT2D eigenvalue weighted by Crippen LogP contribution is -2.31. The van der Waals surface area contributed by atoms with Crippen LogP contribution < -0.4 is 10.1 Å². The molecule has 106 valence electrons. The molecule has 19 heavy (non-hydrogen) atoms. The number of hydrogen-bond acceptors (Lipinski definition) is 3. The molecule has 1 aromatic carbocycles. The first kappa shape index (κ1) is 16.0. The van der Waals surface area contributed by atoms with Crippen molar-refractivity contribution in [3.05, 3.63) is 28.2 Å². The SMILES string of the molecule is CCCc1ccc(OCC(=O)NCCOC)c(Br)c1. The molecule has 1 amide bonds. The Balaban J connectivity index is 2.42. The summed E-state index contributed by atoms with van der Waals surface area (Å²) in [5, 5.41) is 2.70. The average molecular weight is 330 g/mol. The number of halogens is 1. The normalized spacial score (nSPS) is 10.3. The number of hydrogen-bond donors (Lipinski definition) is 1. The highest BCUT2D eigenvalue weighted by Crippen LogP contribution is 2.26. The highest BCUT2D eigenvalue weighted by Gasteiger charge is 2.06. The van der Waals surface area contributed by atoms with Crippen molar-refractivity contribution in [2.75, 3.05) is 26.9 Å². The Labute approximate surface area is 122 Å². The predicted octanol–water partition coefficient (Wildman–Crippen LogP) is 2.54. The highest BCUT2D eigenvalue weighted by molar-refractivity contribution is 9.10. The van der Waals surface area contributed by atoms with E-state index in [1.165, 1.54) is 5.56 Å². The zero-order valence-corrected chi connectivity index (χ0v) is 13.0. The van der Waals surface area contributed by atoms with Crippen molar-refractivity contribution in [2.24, 2.45) is 0 Å². The number of carbonyl (C=O) groups is 1. The number of methoxy groups -OCH3 is 1. The predicted molar refractivity (Wildman–Crippen MR) is 78.5 cm³/mol. The number of benzene rings is 1. The smallest absolute Gasteiger partial charge is 0.258 e. The Morgan fingerprint density at radius 3 is 2.84 bits per heavy atom. The van der Waals surface area contributed by atoms with E-state index in [0.29, 0.717) is 18.9 Å². The molecule has 5 heteroatoms. The first-order chi connectivity index (χ1) is 9.17. The highest BCUT2D eigenvalue weighted by atomic mass is 79.9. The van der Waals surface area contributed by atoms with Gasteiger partial charge in [-0.05, 0) is 40.0 Å². The van der Waals surface area contributed by atoms with Crippen LogP contribution in [0.2, 0.25) is 0 Å². The molecule has 0 fully saturated rings. The lowest BCUT2D eigenvalue weighted by Gasteiger charge is -2.10. The minimum absolute atomic E-state index is 0.00936. The number of nitrogens with one attached hydrogen (secondary N) is 1. The molecule has 0 heterocycles. The summed E-state index contributed by atoms with van der Waals surface area (Å²) in [6.45, 7) is 3.15. The Morgan fingerprint density at radius 1 is 1.42 bits per heavy atom. The van der Waals surface area contributed by atoms with E-state index < -0.39 is 0 Å². The summed E-state index contributed by atoms with van der Waals surface area (Å²) in [7, 11) is 1.59. The fourth-order valence-corrected chi connectivity index (χ4v) is 2.13. The quantitative estimate of drug-likeness (QED) is 0.745. The maximum absolute atomic E-state index is 11.5. The van der Waals surface area contributed by atoms with E-state index in [1.54, 1.807) is 7.11 Å². The minimum atomic E-state index is -0.151. The van der Waals surface area contributed by atoms with Gasteiger partial charge in [0.25, 0.3) is 5.91 Å². The second kappa shape index (κ2) is 8.93. The topological polar surface area (TPSA) is 47.6 Å². The van der Waals surface area contributed by atoms with Crippen LogP contribution in [0.1, 0.15) is 18.9 Å². The van der Waals surface area contributed by atoms with Crippen molar-refractivity contribution < 1.29 is 14.3 Å². The molecular weight excluding hydrogens is 310 g/mol. The van der Waals surface area contributed by atoms with E-state index in [9.17, 15) is 4.79 Å². The van der Waals surface area contributed by atoms with Crippen LogP contribution in [-0.4, -0.2) is 32.8 Å².